The van der Waals surface area contributed by atoms with E-state index in [2.05, 4.69) is 31.9 Å². The van der Waals surface area contributed by atoms with Crippen molar-refractivity contribution in [2.75, 3.05) is 11.3 Å². The minimum atomic E-state index is 0.609. The second-order valence-electron chi connectivity index (χ2n) is 4.84. The normalized spacial score (nSPS) is 13.2. The van der Waals surface area contributed by atoms with Gasteiger partial charge in [-0.25, -0.2) is 0 Å². The Morgan fingerprint density at radius 1 is 1.32 bits per heavy atom. The molecular weight excluding hydrogens is 388 g/mol. The summed E-state index contributed by atoms with van der Waals surface area (Å²) in [4.78, 5) is 1.00. The Kier molecular flexibility index (Phi) is 3.68. The molecule has 3 aromatic rings. The van der Waals surface area contributed by atoms with E-state index in [1.54, 1.807) is 0 Å². The van der Waals surface area contributed by atoms with Crippen LogP contribution in [0.2, 0.25) is 5.02 Å². The molecule has 2 heterocycles. The summed E-state index contributed by atoms with van der Waals surface area (Å²) in [7, 11) is 0. The smallest absolute Gasteiger partial charge is 0.189 e. The van der Waals surface area contributed by atoms with Crippen LogP contribution in [0.4, 0.5) is 5.82 Å². The number of aromatic nitrogens is 1. The highest BCUT2D eigenvalue weighted by Crippen LogP contribution is 2.40. The second kappa shape index (κ2) is 5.68. The molecule has 0 fully saturated rings. The van der Waals surface area contributed by atoms with Crippen LogP contribution >= 0.6 is 39.5 Å². The van der Waals surface area contributed by atoms with Crippen LogP contribution in [0.1, 0.15) is 5.56 Å². The Balaban J connectivity index is 1.65. The van der Waals surface area contributed by atoms with E-state index in [0.29, 0.717) is 16.4 Å². The quantitative estimate of drug-likeness (QED) is 0.608. The number of hydrogen-bond donors (Lipinski definition) is 1. The number of halogens is 2. The van der Waals surface area contributed by atoms with Gasteiger partial charge in [-0.1, -0.05) is 38.8 Å². The summed E-state index contributed by atoms with van der Waals surface area (Å²) in [6.07, 6.45) is 0.932. The lowest BCUT2D eigenvalue weighted by Gasteiger charge is -2.08. The van der Waals surface area contributed by atoms with Gasteiger partial charge in [0.05, 0.1) is 21.9 Å². The zero-order valence-corrected chi connectivity index (χ0v) is 14.4. The molecule has 0 saturated heterocycles. The number of rotatable bonds is 3. The Morgan fingerprint density at radius 3 is 3.14 bits per heavy atom. The molecule has 2 aromatic carbocycles. The van der Waals surface area contributed by atoms with E-state index >= 15 is 0 Å². The van der Waals surface area contributed by atoms with Gasteiger partial charge in [0.15, 0.2) is 11.4 Å². The molecule has 0 bridgehead atoms. The van der Waals surface area contributed by atoms with E-state index in [1.165, 1.54) is 17.5 Å². The third-order valence-corrected chi connectivity index (χ3v) is 5.01. The number of benzene rings is 2. The van der Waals surface area contributed by atoms with Crippen molar-refractivity contribution in [1.29, 1.82) is 0 Å². The maximum Gasteiger partial charge on any atom is 0.189 e. The zero-order valence-electron chi connectivity index (χ0n) is 11.2. The molecule has 1 aliphatic rings. The van der Waals surface area contributed by atoms with Gasteiger partial charge in [-0.3, -0.25) is 0 Å². The lowest BCUT2D eigenvalue weighted by atomic mass is 10.2. The monoisotopic (exact) mass is 396 g/mol. The average Bonchev–Trinajstić information content (AvgIpc) is 3.11. The zero-order chi connectivity index (χ0) is 15.1. The topological polar surface area (TPSA) is 47.3 Å². The molecule has 0 aliphatic carbocycles. The van der Waals surface area contributed by atoms with Gasteiger partial charge in [0.25, 0.3) is 0 Å². The Bertz CT molecular complexity index is 868. The maximum atomic E-state index is 6.22. The molecule has 1 N–H and O–H groups in total. The number of nitrogens with zero attached hydrogens (tertiary/aromatic N) is 1. The first kappa shape index (κ1) is 14.2. The van der Waals surface area contributed by atoms with Gasteiger partial charge in [0.1, 0.15) is 5.75 Å². The lowest BCUT2D eigenvalue weighted by Crippen LogP contribution is -1.91. The van der Waals surface area contributed by atoms with Crippen LogP contribution in [0.3, 0.4) is 0 Å². The van der Waals surface area contributed by atoms with E-state index in [4.69, 9.17) is 20.9 Å². The van der Waals surface area contributed by atoms with Gasteiger partial charge >= 0.3 is 0 Å². The van der Waals surface area contributed by atoms with Crippen molar-refractivity contribution in [3.05, 3.63) is 45.4 Å². The third-order valence-electron chi connectivity index (χ3n) is 3.42. The van der Waals surface area contributed by atoms with Crippen molar-refractivity contribution in [3.63, 3.8) is 0 Å². The van der Waals surface area contributed by atoms with E-state index in [9.17, 15) is 0 Å². The van der Waals surface area contributed by atoms with Crippen LogP contribution in [0.5, 0.6) is 5.75 Å². The first-order valence-electron chi connectivity index (χ1n) is 6.64. The Morgan fingerprint density at radius 2 is 2.23 bits per heavy atom. The average molecular weight is 398 g/mol. The summed E-state index contributed by atoms with van der Waals surface area (Å²) < 4.78 is 15.2. The molecular formula is C15H10BrClN2O2S. The van der Waals surface area contributed by atoms with Crippen LogP contribution in [-0.4, -0.2) is 11.8 Å². The molecule has 0 unspecified atom stereocenters. The van der Waals surface area contributed by atoms with E-state index in [1.807, 2.05) is 24.3 Å². The summed E-state index contributed by atoms with van der Waals surface area (Å²) in [5.74, 6) is 1.54. The van der Waals surface area contributed by atoms with E-state index < -0.39 is 0 Å². The van der Waals surface area contributed by atoms with Crippen molar-refractivity contribution in [2.45, 2.75) is 11.3 Å². The molecule has 0 radical (unpaired) electrons. The van der Waals surface area contributed by atoms with Crippen molar-refractivity contribution >= 4 is 56.3 Å². The molecule has 7 heteroatoms. The molecule has 4 nitrogen and oxygen atoms in total. The molecule has 0 amide bonds. The molecule has 1 aliphatic heterocycles. The molecule has 4 rings (SSSR count). The predicted molar refractivity (Wildman–Crippen MR) is 91.8 cm³/mol. The van der Waals surface area contributed by atoms with Gasteiger partial charge in [0.2, 0.25) is 0 Å². The standard InChI is InChI=1S/C15H10BrClN2O2S/c16-9-6-8-4-5-20-14(8)12(7-9)22-19-15-13-10(17)2-1-3-11(13)21-18-15/h1-3,6-7H,4-5H2,(H,18,19). The van der Waals surface area contributed by atoms with E-state index in [0.717, 1.165) is 33.5 Å². The summed E-state index contributed by atoms with van der Waals surface area (Å²) in [6, 6.07) is 9.60. The van der Waals surface area contributed by atoms with Crippen LogP contribution in [0.25, 0.3) is 11.0 Å². The fourth-order valence-corrected chi connectivity index (χ4v) is 4.16. The minimum Gasteiger partial charge on any atom is -0.492 e. The first-order chi connectivity index (χ1) is 10.7. The fourth-order valence-electron chi connectivity index (χ4n) is 2.43. The summed E-state index contributed by atoms with van der Waals surface area (Å²) in [5.41, 5.74) is 1.87. The summed E-state index contributed by atoms with van der Waals surface area (Å²) in [5, 5.41) is 5.43. The molecule has 0 saturated carbocycles. The predicted octanol–water partition coefficient (Wildman–Crippen LogP) is 5.30. The molecule has 22 heavy (non-hydrogen) atoms. The third kappa shape index (κ3) is 2.45. The Hall–Kier alpha value is -1.37. The molecule has 0 spiro atoms. The van der Waals surface area contributed by atoms with Gasteiger partial charge < -0.3 is 14.0 Å². The van der Waals surface area contributed by atoms with Crippen molar-refractivity contribution in [1.82, 2.24) is 5.16 Å². The van der Waals surface area contributed by atoms with Crippen molar-refractivity contribution < 1.29 is 9.26 Å². The largest absolute Gasteiger partial charge is 0.492 e. The molecule has 112 valence electrons. The SMILES string of the molecule is Clc1cccc2onc(NSc3cc(Br)cc4c3OCC4)c12. The number of anilines is 1. The maximum absolute atomic E-state index is 6.22. The number of hydrogen-bond acceptors (Lipinski definition) is 5. The van der Waals surface area contributed by atoms with Crippen molar-refractivity contribution in [2.24, 2.45) is 0 Å². The first-order valence-corrected chi connectivity index (χ1v) is 8.63. The fraction of sp³-hybridized carbons (Fsp3) is 0.133. The molecule has 1 aromatic heterocycles. The number of nitrogens with one attached hydrogen (secondary N) is 1. The summed E-state index contributed by atoms with van der Waals surface area (Å²) >= 11 is 11.2. The van der Waals surface area contributed by atoms with E-state index in [-0.39, 0.29) is 0 Å². The minimum absolute atomic E-state index is 0.609. The molecule has 0 atom stereocenters. The van der Waals surface area contributed by atoms with Crippen LogP contribution in [0.15, 0.2) is 44.2 Å². The van der Waals surface area contributed by atoms with Gasteiger partial charge in [0, 0.05) is 10.9 Å². The van der Waals surface area contributed by atoms with Crippen molar-refractivity contribution in [3.8, 4) is 5.75 Å². The highest BCUT2D eigenvalue weighted by atomic mass is 79.9. The second-order valence-corrected chi connectivity index (χ2v) is 7.01. The van der Waals surface area contributed by atoms with Crippen LogP contribution < -0.4 is 9.46 Å². The number of fused-ring (bicyclic) bond motifs is 2. The number of ether oxygens (including phenoxy) is 1. The lowest BCUT2D eigenvalue weighted by molar-refractivity contribution is 0.349. The van der Waals surface area contributed by atoms with Gasteiger partial charge in [-0.2, -0.15) is 0 Å². The van der Waals surface area contributed by atoms with Gasteiger partial charge in [-0.15, -0.1) is 0 Å². The van der Waals surface area contributed by atoms with Gasteiger partial charge in [-0.05, 0) is 41.8 Å². The summed E-state index contributed by atoms with van der Waals surface area (Å²) in [6.45, 7) is 0.720. The van der Waals surface area contributed by atoms with Crippen LogP contribution in [0, 0.1) is 0 Å². The highest BCUT2D eigenvalue weighted by molar-refractivity contribution is 9.10. The highest BCUT2D eigenvalue weighted by Gasteiger charge is 2.19. The Labute approximate surface area is 144 Å². The van der Waals surface area contributed by atoms with Crippen LogP contribution in [-0.2, 0) is 6.42 Å².